The number of nitrogens with one attached hydrogen (secondary N) is 1. The highest BCUT2D eigenvalue weighted by Gasteiger charge is 2.31. The van der Waals surface area contributed by atoms with Gasteiger partial charge in [0, 0.05) is 12.1 Å². The summed E-state index contributed by atoms with van der Waals surface area (Å²) in [6.45, 7) is -0.0849. The summed E-state index contributed by atoms with van der Waals surface area (Å²) in [6.07, 6.45) is 1.80. The van der Waals surface area contributed by atoms with E-state index in [9.17, 15) is 23.2 Å². The molecular formula is C15H16F2N2O4. The predicted octanol–water partition coefficient (Wildman–Crippen LogP) is 1.16. The zero-order valence-electron chi connectivity index (χ0n) is 12.2. The second-order valence-electron chi connectivity index (χ2n) is 5.25. The van der Waals surface area contributed by atoms with Crippen LogP contribution in [0, 0.1) is 11.6 Å². The van der Waals surface area contributed by atoms with Crippen molar-refractivity contribution in [3.63, 3.8) is 0 Å². The van der Waals surface area contributed by atoms with Crippen LogP contribution >= 0.6 is 0 Å². The van der Waals surface area contributed by atoms with E-state index in [1.807, 2.05) is 0 Å². The van der Waals surface area contributed by atoms with Crippen molar-refractivity contribution in [1.82, 2.24) is 10.2 Å². The van der Waals surface area contributed by atoms with Crippen molar-refractivity contribution >= 4 is 17.8 Å². The fraction of sp³-hybridized carbons (Fsp3) is 0.400. The molecule has 124 valence electrons. The first-order chi connectivity index (χ1) is 10.9. The molecule has 1 heterocycles. The molecule has 2 amide bonds. The summed E-state index contributed by atoms with van der Waals surface area (Å²) >= 11 is 0. The molecule has 0 spiro atoms. The average Bonchev–Trinajstić information content (AvgIpc) is 2.54. The monoisotopic (exact) mass is 326 g/mol. The highest BCUT2D eigenvalue weighted by molar-refractivity contribution is 5.96. The summed E-state index contributed by atoms with van der Waals surface area (Å²) in [5, 5.41) is 11.4. The van der Waals surface area contributed by atoms with E-state index in [4.69, 9.17) is 5.11 Å². The first kappa shape index (κ1) is 16.9. The fourth-order valence-corrected chi connectivity index (χ4v) is 2.48. The van der Waals surface area contributed by atoms with Gasteiger partial charge in [0.2, 0.25) is 5.91 Å². The Morgan fingerprint density at radius 1 is 1.22 bits per heavy atom. The summed E-state index contributed by atoms with van der Waals surface area (Å²) in [7, 11) is 0. The van der Waals surface area contributed by atoms with Gasteiger partial charge >= 0.3 is 5.97 Å². The van der Waals surface area contributed by atoms with Gasteiger partial charge in [-0.2, -0.15) is 0 Å². The minimum Gasteiger partial charge on any atom is -0.480 e. The molecule has 1 saturated heterocycles. The number of aliphatic carboxylic acids is 1. The van der Waals surface area contributed by atoms with Gasteiger partial charge in [-0.25, -0.2) is 13.6 Å². The van der Waals surface area contributed by atoms with Crippen molar-refractivity contribution in [3.8, 4) is 0 Å². The number of rotatable bonds is 4. The minimum atomic E-state index is -1.16. The van der Waals surface area contributed by atoms with E-state index < -0.39 is 42.0 Å². The Hall–Kier alpha value is -2.51. The Balaban J connectivity index is 1.96. The number of nitrogens with zero attached hydrogens (tertiary/aromatic N) is 1. The number of benzene rings is 1. The van der Waals surface area contributed by atoms with E-state index in [0.29, 0.717) is 19.4 Å². The number of carboxylic acid groups (broad SMARTS) is 1. The predicted molar refractivity (Wildman–Crippen MR) is 75.7 cm³/mol. The first-order valence-corrected chi connectivity index (χ1v) is 7.15. The summed E-state index contributed by atoms with van der Waals surface area (Å²) in [5.41, 5.74) is -0.120. The van der Waals surface area contributed by atoms with E-state index in [1.165, 1.54) is 4.90 Å². The van der Waals surface area contributed by atoms with Crippen LogP contribution in [-0.2, 0) is 9.59 Å². The molecule has 1 aromatic rings. The number of hydrogen-bond donors (Lipinski definition) is 2. The first-order valence-electron chi connectivity index (χ1n) is 7.15. The molecule has 8 heteroatoms. The minimum absolute atomic E-state index is 0.120. The maximum Gasteiger partial charge on any atom is 0.326 e. The van der Waals surface area contributed by atoms with Crippen LogP contribution in [0.3, 0.4) is 0 Å². The normalized spacial score (nSPS) is 17.7. The average molecular weight is 326 g/mol. The number of carbonyl (C=O) groups excluding carboxylic acids is 2. The van der Waals surface area contributed by atoms with Crippen LogP contribution < -0.4 is 5.32 Å². The molecule has 2 N–H and O–H groups in total. The Labute approximate surface area is 131 Å². The van der Waals surface area contributed by atoms with E-state index in [-0.39, 0.29) is 5.56 Å². The Kier molecular flexibility index (Phi) is 5.25. The molecule has 0 saturated carbocycles. The molecule has 1 aromatic carbocycles. The molecule has 2 rings (SSSR count). The number of piperidine rings is 1. The molecule has 0 radical (unpaired) electrons. The van der Waals surface area contributed by atoms with Gasteiger partial charge in [-0.1, -0.05) is 0 Å². The topological polar surface area (TPSA) is 86.7 Å². The van der Waals surface area contributed by atoms with E-state index in [0.717, 1.165) is 24.6 Å². The molecule has 6 nitrogen and oxygen atoms in total. The number of likely N-dealkylation sites (tertiary alicyclic amines) is 1. The summed E-state index contributed by atoms with van der Waals surface area (Å²) < 4.78 is 25.9. The highest BCUT2D eigenvalue weighted by Crippen LogP contribution is 2.17. The van der Waals surface area contributed by atoms with Crippen molar-refractivity contribution in [2.75, 3.05) is 13.1 Å². The zero-order chi connectivity index (χ0) is 17.0. The van der Waals surface area contributed by atoms with E-state index in [2.05, 4.69) is 5.32 Å². The Bertz CT molecular complexity index is 636. The van der Waals surface area contributed by atoms with E-state index >= 15 is 0 Å². The van der Waals surface area contributed by atoms with Crippen molar-refractivity contribution < 1.29 is 28.3 Å². The summed E-state index contributed by atoms with van der Waals surface area (Å²) in [6, 6.07) is 1.75. The van der Waals surface area contributed by atoms with Crippen LogP contribution in [-0.4, -0.2) is 46.9 Å². The van der Waals surface area contributed by atoms with Gasteiger partial charge in [-0.05, 0) is 37.5 Å². The van der Waals surface area contributed by atoms with Crippen molar-refractivity contribution in [3.05, 3.63) is 35.4 Å². The van der Waals surface area contributed by atoms with Gasteiger partial charge in [-0.3, -0.25) is 9.59 Å². The van der Waals surface area contributed by atoms with Gasteiger partial charge < -0.3 is 15.3 Å². The van der Waals surface area contributed by atoms with Crippen molar-refractivity contribution in [2.45, 2.75) is 25.3 Å². The van der Waals surface area contributed by atoms with Gasteiger partial charge in [0.15, 0.2) is 11.6 Å². The maximum atomic E-state index is 13.1. The van der Waals surface area contributed by atoms with Crippen LogP contribution in [0.2, 0.25) is 0 Å². The van der Waals surface area contributed by atoms with Gasteiger partial charge in [0.05, 0.1) is 6.54 Å². The second-order valence-corrected chi connectivity index (χ2v) is 5.25. The molecule has 1 unspecified atom stereocenters. The summed E-state index contributed by atoms with van der Waals surface area (Å²) in [5.74, 6) is -4.57. The number of carbonyl (C=O) groups is 3. The highest BCUT2D eigenvalue weighted by atomic mass is 19.2. The number of carboxylic acids is 1. The van der Waals surface area contributed by atoms with E-state index in [1.54, 1.807) is 0 Å². The van der Waals surface area contributed by atoms with Gasteiger partial charge in [0.25, 0.3) is 5.91 Å². The van der Waals surface area contributed by atoms with Gasteiger partial charge in [-0.15, -0.1) is 0 Å². The van der Waals surface area contributed by atoms with Crippen LogP contribution in [0.25, 0.3) is 0 Å². The SMILES string of the molecule is O=C(NCC(=O)N1CCCCC1C(=O)O)c1ccc(F)c(F)c1. The number of halogens is 2. The Morgan fingerprint density at radius 3 is 2.61 bits per heavy atom. The third-order valence-corrected chi connectivity index (χ3v) is 3.69. The lowest BCUT2D eigenvalue weighted by Crippen LogP contribution is -2.51. The zero-order valence-corrected chi connectivity index (χ0v) is 12.2. The molecule has 23 heavy (non-hydrogen) atoms. The fourth-order valence-electron chi connectivity index (χ4n) is 2.48. The van der Waals surface area contributed by atoms with Gasteiger partial charge in [0.1, 0.15) is 6.04 Å². The molecule has 1 aliphatic heterocycles. The lowest BCUT2D eigenvalue weighted by Gasteiger charge is -2.33. The second kappa shape index (κ2) is 7.17. The molecule has 0 bridgehead atoms. The molecular weight excluding hydrogens is 310 g/mol. The quantitative estimate of drug-likeness (QED) is 0.869. The molecule has 0 aliphatic carbocycles. The number of amides is 2. The third kappa shape index (κ3) is 4.02. The summed E-state index contributed by atoms with van der Waals surface area (Å²) in [4.78, 5) is 36.3. The number of hydrogen-bond acceptors (Lipinski definition) is 3. The van der Waals surface area contributed by atoms with Crippen molar-refractivity contribution in [1.29, 1.82) is 0 Å². The molecule has 1 atom stereocenters. The van der Waals surface area contributed by atoms with Crippen molar-refractivity contribution in [2.24, 2.45) is 0 Å². The Morgan fingerprint density at radius 2 is 1.96 bits per heavy atom. The van der Waals surface area contributed by atoms with Crippen LogP contribution in [0.1, 0.15) is 29.6 Å². The van der Waals surface area contributed by atoms with Crippen LogP contribution in [0.5, 0.6) is 0 Å². The molecule has 0 aromatic heterocycles. The van der Waals surface area contributed by atoms with Crippen LogP contribution in [0.15, 0.2) is 18.2 Å². The van der Waals surface area contributed by atoms with Crippen LogP contribution in [0.4, 0.5) is 8.78 Å². The smallest absolute Gasteiger partial charge is 0.326 e. The molecule has 1 aliphatic rings. The third-order valence-electron chi connectivity index (χ3n) is 3.69. The maximum absolute atomic E-state index is 13.1. The lowest BCUT2D eigenvalue weighted by atomic mass is 10.0. The molecule has 1 fully saturated rings. The standard InChI is InChI=1S/C15H16F2N2O4/c16-10-5-4-9(7-11(10)17)14(21)18-8-13(20)19-6-2-1-3-12(19)15(22)23/h4-5,7,12H,1-3,6,8H2,(H,18,21)(H,22,23). The lowest BCUT2D eigenvalue weighted by molar-refractivity contribution is -0.151. The largest absolute Gasteiger partial charge is 0.480 e.